The lowest BCUT2D eigenvalue weighted by molar-refractivity contribution is 0.0163. The topological polar surface area (TPSA) is 36.8 Å². The van der Waals surface area contributed by atoms with Crippen LogP contribution in [-0.4, -0.2) is 89.3 Å². The van der Waals surface area contributed by atoms with E-state index in [4.69, 9.17) is 4.74 Å². The van der Waals surface area contributed by atoms with E-state index < -0.39 is 6.55 Å². The van der Waals surface area contributed by atoms with Crippen LogP contribution >= 0.6 is 0 Å². The van der Waals surface area contributed by atoms with Crippen LogP contribution in [0.25, 0.3) is 0 Å². The largest absolute Gasteiger partial charge is 0.379 e. The molecule has 24 heavy (non-hydrogen) atoms. The van der Waals surface area contributed by atoms with Crippen molar-refractivity contribution >= 4 is 0 Å². The lowest BCUT2D eigenvalue weighted by Crippen LogP contribution is -2.53. The normalized spacial score (nSPS) is 23.0. The minimum Gasteiger partial charge on any atom is -0.379 e. The number of ether oxygens (including phenoxy) is 1. The number of rotatable bonds is 6. The van der Waals surface area contributed by atoms with Crippen LogP contribution in [0.4, 0.5) is 8.78 Å². The molecule has 0 N–H and O–H groups in total. The summed E-state index contributed by atoms with van der Waals surface area (Å²) < 4.78 is 32.1. The maximum Gasteiger partial charge on any atom is 0.319 e. The maximum atomic E-state index is 12.9. The van der Waals surface area contributed by atoms with Gasteiger partial charge < -0.3 is 4.74 Å². The van der Waals surface area contributed by atoms with Crippen molar-refractivity contribution < 1.29 is 13.5 Å². The van der Waals surface area contributed by atoms with Gasteiger partial charge in [0.15, 0.2) is 0 Å². The van der Waals surface area contributed by atoms with E-state index in [1.807, 2.05) is 0 Å². The Hall–Kier alpha value is -1.09. The SMILES string of the molecule is C[C@H](CN1CCOCC1)N1CCN(Cc2nccn2C(F)F)CC1. The van der Waals surface area contributed by atoms with E-state index in [0.29, 0.717) is 18.4 Å². The zero-order valence-corrected chi connectivity index (χ0v) is 14.3. The average Bonchev–Trinajstić information content (AvgIpc) is 3.05. The summed E-state index contributed by atoms with van der Waals surface area (Å²) in [6.45, 7) is 8.74. The van der Waals surface area contributed by atoms with Crippen LogP contribution in [0.15, 0.2) is 12.4 Å². The summed E-state index contributed by atoms with van der Waals surface area (Å²) in [5.41, 5.74) is 0. The van der Waals surface area contributed by atoms with Gasteiger partial charge in [-0.15, -0.1) is 0 Å². The predicted molar refractivity (Wildman–Crippen MR) is 87.1 cm³/mol. The van der Waals surface area contributed by atoms with Crippen molar-refractivity contribution in [1.29, 1.82) is 0 Å². The average molecular weight is 343 g/mol. The van der Waals surface area contributed by atoms with E-state index in [-0.39, 0.29) is 0 Å². The summed E-state index contributed by atoms with van der Waals surface area (Å²) in [5.74, 6) is 0.444. The van der Waals surface area contributed by atoms with Crippen LogP contribution in [0.5, 0.6) is 0 Å². The number of alkyl halides is 2. The molecule has 1 aromatic heterocycles. The molecule has 0 amide bonds. The molecular formula is C16H27F2N5O. The first-order valence-corrected chi connectivity index (χ1v) is 8.70. The minimum absolute atomic E-state index is 0.444. The lowest BCUT2D eigenvalue weighted by Gasteiger charge is -2.40. The number of morpholine rings is 1. The Kier molecular flexibility index (Phi) is 6.15. The van der Waals surface area contributed by atoms with Crippen LogP contribution in [0, 0.1) is 0 Å². The summed E-state index contributed by atoms with van der Waals surface area (Å²) in [6.07, 6.45) is 2.79. The summed E-state index contributed by atoms with van der Waals surface area (Å²) >= 11 is 0. The van der Waals surface area contributed by atoms with Crippen molar-refractivity contribution in [3.8, 4) is 0 Å². The third-order valence-electron chi connectivity index (χ3n) is 4.98. The van der Waals surface area contributed by atoms with Crippen LogP contribution in [-0.2, 0) is 11.3 Å². The highest BCUT2D eigenvalue weighted by atomic mass is 19.3. The molecule has 0 radical (unpaired) electrons. The maximum absolute atomic E-state index is 12.9. The van der Waals surface area contributed by atoms with Gasteiger partial charge in [-0.1, -0.05) is 0 Å². The van der Waals surface area contributed by atoms with Crippen LogP contribution < -0.4 is 0 Å². The molecule has 0 bridgehead atoms. The fourth-order valence-electron chi connectivity index (χ4n) is 3.48. The van der Waals surface area contributed by atoms with E-state index in [9.17, 15) is 8.78 Å². The van der Waals surface area contributed by atoms with E-state index in [0.717, 1.165) is 63.6 Å². The van der Waals surface area contributed by atoms with Gasteiger partial charge in [-0.05, 0) is 6.92 Å². The zero-order valence-electron chi connectivity index (χ0n) is 14.3. The molecule has 3 rings (SSSR count). The summed E-state index contributed by atoms with van der Waals surface area (Å²) in [6, 6.07) is 0.508. The molecule has 2 saturated heterocycles. The van der Waals surface area contributed by atoms with Gasteiger partial charge in [0.25, 0.3) is 0 Å². The third-order valence-corrected chi connectivity index (χ3v) is 4.98. The molecule has 1 aromatic rings. The summed E-state index contributed by atoms with van der Waals surface area (Å²) in [7, 11) is 0. The fourth-order valence-corrected chi connectivity index (χ4v) is 3.48. The van der Waals surface area contributed by atoms with Crippen molar-refractivity contribution in [3.05, 3.63) is 18.2 Å². The van der Waals surface area contributed by atoms with Gasteiger partial charge in [-0.2, -0.15) is 8.78 Å². The molecule has 8 heteroatoms. The Morgan fingerprint density at radius 3 is 2.46 bits per heavy atom. The van der Waals surface area contributed by atoms with E-state index in [2.05, 4.69) is 26.6 Å². The highest BCUT2D eigenvalue weighted by Gasteiger charge is 2.24. The smallest absolute Gasteiger partial charge is 0.319 e. The van der Waals surface area contributed by atoms with Crippen LogP contribution in [0.1, 0.15) is 19.3 Å². The van der Waals surface area contributed by atoms with E-state index in [1.54, 1.807) is 0 Å². The Bertz CT molecular complexity index is 498. The first-order chi connectivity index (χ1) is 11.6. The number of halogens is 2. The van der Waals surface area contributed by atoms with Gasteiger partial charge in [-0.25, -0.2) is 4.98 Å². The Labute approximate surface area is 142 Å². The van der Waals surface area contributed by atoms with Crippen LogP contribution in [0.3, 0.4) is 0 Å². The summed E-state index contributed by atoms with van der Waals surface area (Å²) in [4.78, 5) is 11.2. The van der Waals surface area contributed by atoms with Crippen molar-refractivity contribution in [2.45, 2.75) is 26.1 Å². The number of nitrogens with zero attached hydrogens (tertiary/aromatic N) is 5. The first-order valence-electron chi connectivity index (χ1n) is 8.70. The minimum atomic E-state index is -2.52. The van der Waals surface area contributed by atoms with Gasteiger partial charge in [0, 0.05) is 64.2 Å². The molecule has 0 spiro atoms. The van der Waals surface area contributed by atoms with Gasteiger partial charge in [0.1, 0.15) is 5.82 Å². The molecule has 1 atom stereocenters. The molecule has 136 valence electrons. The van der Waals surface area contributed by atoms with Crippen molar-refractivity contribution in [3.63, 3.8) is 0 Å². The summed E-state index contributed by atoms with van der Waals surface area (Å²) in [5, 5.41) is 0. The number of hydrogen-bond acceptors (Lipinski definition) is 5. The Morgan fingerprint density at radius 2 is 1.79 bits per heavy atom. The number of hydrogen-bond donors (Lipinski definition) is 0. The van der Waals surface area contributed by atoms with Gasteiger partial charge in [0.05, 0.1) is 19.8 Å². The molecule has 0 aliphatic carbocycles. The monoisotopic (exact) mass is 343 g/mol. The number of piperazine rings is 1. The van der Waals surface area contributed by atoms with Gasteiger partial charge >= 0.3 is 6.55 Å². The fraction of sp³-hybridized carbons (Fsp3) is 0.812. The molecule has 0 saturated carbocycles. The molecule has 2 aliphatic heterocycles. The van der Waals surface area contributed by atoms with Crippen molar-refractivity contribution in [2.24, 2.45) is 0 Å². The molecule has 0 aromatic carbocycles. The molecule has 0 unspecified atom stereocenters. The second-order valence-electron chi connectivity index (χ2n) is 6.60. The Balaban J connectivity index is 1.44. The predicted octanol–water partition coefficient (Wildman–Crippen LogP) is 1.12. The van der Waals surface area contributed by atoms with Crippen LogP contribution in [0.2, 0.25) is 0 Å². The number of aromatic nitrogens is 2. The standard InChI is InChI=1S/C16H27F2N5O/c1-14(12-21-8-10-24-11-9-21)22-6-4-20(5-7-22)13-15-19-2-3-23(15)16(17)18/h2-3,14,16H,4-13H2,1H3/t14-/m1/s1. The third kappa shape index (κ3) is 4.50. The zero-order chi connectivity index (χ0) is 16.9. The first kappa shape index (κ1) is 17.7. The van der Waals surface area contributed by atoms with E-state index >= 15 is 0 Å². The van der Waals surface area contributed by atoms with Gasteiger partial charge in [0.2, 0.25) is 0 Å². The second-order valence-corrected chi connectivity index (χ2v) is 6.60. The highest BCUT2D eigenvalue weighted by Crippen LogP contribution is 2.16. The van der Waals surface area contributed by atoms with E-state index in [1.165, 1.54) is 12.4 Å². The molecule has 3 heterocycles. The molecule has 2 aliphatic rings. The van der Waals surface area contributed by atoms with Crippen molar-refractivity contribution in [1.82, 2.24) is 24.3 Å². The molecule has 2 fully saturated rings. The lowest BCUT2D eigenvalue weighted by atomic mass is 10.2. The molecule has 6 nitrogen and oxygen atoms in total. The quantitative estimate of drug-likeness (QED) is 0.774. The molecular weight excluding hydrogens is 316 g/mol. The second kappa shape index (κ2) is 8.33. The highest BCUT2D eigenvalue weighted by molar-refractivity contribution is 4.93. The number of imidazole rings is 1. The van der Waals surface area contributed by atoms with Gasteiger partial charge in [-0.3, -0.25) is 19.3 Å². The Morgan fingerprint density at radius 1 is 1.08 bits per heavy atom. The van der Waals surface area contributed by atoms with Crippen molar-refractivity contribution in [2.75, 3.05) is 59.0 Å².